The Kier molecular flexibility index (Phi) is 6.65. The van der Waals surface area contributed by atoms with Crippen LogP contribution in [0.1, 0.15) is 0 Å². The third-order valence-electron chi connectivity index (χ3n) is 0.356. The van der Waals surface area contributed by atoms with Gasteiger partial charge in [0.15, 0.2) is 0 Å². The van der Waals surface area contributed by atoms with Gasteiger partial charge in [-0.25, -0.2) is 40.2 Å². The monoisotopic (exact) mass is 208 g/mol. The van der Waals surface area contributed by atoms with Gasteiger partial charge in [-0.1, -0.05) is 4.14 Å². The molecule has 0 aromatic heterocycles. The number of halogens is 4. The van der Waals surface area contributed by atoms with Crippen LogP contribution < -0.4 is 0 Å². The van der Waals surface area contributed by atoms with E-state index in [4.69, 9.17) is 40.2 Å². The summed E-state index contributed by atoms with van der Waals surface area (Å²) in [5, 5.41) is 0. The molecule has 7 heavy (non-hydrogen) atoms. The number of hydrogen-bond acceptors (Lipinski definition) is 0. The molecule has 0 N–H and O–H groups in total. The second-order valence-corrected chi connectivity index (χ2v) is 12.1. The van der Waals surface area contributed by atoms with Crippen molar-refractivity contribution in [1.82, 2.24) is 0 Å². The molecule has 0 aromatic carbocycles. The summed E-state index contributed by atoms with van der Waals surface area (Å²) in [5.74, 6) is 0. The molecule has 0 aromatic rings. The zero-order valence-corrected chi connectivity index (χ0v) is 8.71. The molecule has 0 rings (SSSR count). The first-order valence-electron chi connectivity index (χ1n) is 1.69. The van der Waals surface area contributed by atoms with Gasteiger partial charge in [0.2, 0.25) is 0 Å². The van der Waals surface area contributed by atoms with E-state index >= 15 is 0 Å². The van der Waals surface area contributed by atoms with Crippen molar-refractivity contribution in [2.24, 2.45) is 0 Å². The minimum Gasteiger partial charge on any atom is -0.235 e. The molecule has 0 heterocycles. The van der Waals surface area contributed by atoms with Gasteiger partial charge in [0.05, 0.1) is 0 Å². The van der Waals surface area contributed by atoms with Crippen LogP contribution >= 0.6 is 40.2 Å². The van der Waals surface area contributed by atoms with Crippen molar-refractivity contribution in [3.63, 3.8) is 0 Å². The standard InChI is InChI=1S/CH2.2Al.4ClH/h1H2;;;4*1H/q;2*+2;;;;/p-4. The van der Waals surface area contributed by atoms with Gasteiger partial charge < -0.3 is 0 Å². The van der Waals surface area contributed by atoms with Crippen LogP contribution in [0.2, 0.25) is 4.14 Å². The van der Waals surface area contributed by atoms with Gasteiger partial charge in [-0.05, 0) is 0 Å². The summed E-state index contributed by atoms with van der Waals surface area (Å²) in [5.41, 5.74) is 0. The molecule has 0 nitrogen and oxygen atoms in total. The molecule has 0 atom stereocenters. The molecule has 0 fully saturated rings. The van der Waals surface area contributed by atoms with Crippen molar-refractivity contribution in [2.75, 3.05) is 0 Å². The third-order valence-corrected chi connectivity index (χ3v) is 9.62. The molecule has 0 amide bonds. The lowest BCUT2D eigenvalue weighted by Crippen LogP contribution is -2.02. The smallest absolute Gasteiger partial charge is 0.235 e. The number of hydrogen-bond donors (Lipinski definition) is 0. The van der Waals surface area contributed by atoms with E-state index < -0.39 is 24.6 Å². The summed E-state index contributed by atoms with van der Waals surface area (Å²) < 4.78 is 0.701. The van der Waals surface area contributed by atoms with Crippen LogP contribution in [0.15, 0.2) is 0 Å². The largest absolute Gasteiger partial charge is 0.508 e. The predicted octanol–water partition coefficient (Wildman–Crippen LogP) is 2.46. The molecular weight excluding hydrogens is 208 g/mol. The van der Waals surface area contributed by atoms with Gasteiger partial charge >= 0.3 is 24.6 Å². The van der Waals surface area contributed by atoms with E-state index in [-0.39, 0.29) is 0 Å². The number of rotatable bonds is 2. The zero-order valence-electron chi connectivity index (χ0n) is 3.37. The van der Waals surface area contributed by atoms with Gasteiger partial charge in [0, 0.05) is 0 Å². The van der Waals surface area contributed by atoms with Crippen molar-refractivity contribution in [2.45, 2.75) is 4.14 Å². The van der Waals surface area contributed by atoms with Crippen molar-refractivity contribution in [3.05, 3.63) is 0 Å². The summed E-state index contributed by atoms with van der Waals surface area (Å²) in [6.45, 7) is 0. The first kappa shape index (κ1) is 9.22. The third kappa shape index (κ3) is 8.22. The zero-order chi connectivity index (χ0) is 5.86. The van der Waals surface area contributed by atoms with Crippen LogP contribution in [0.4, 0.5) is 0 Å². The van der Waals surface area contributed by atoms with Crippen LogP contribution in [0.3, 0.4) is 0 Å². The molecular formula is CH2Al2Cl4. The SMILES string of the molecule is [Cl][Al]([Cl])[CH2][Al]([Cl])[Cl]. The molecule has 0 bridgehead atoms. The second kappa shape index (κ2) is 5.05. The minimum absolute atomic E-state index is 0.701. The van der Waals surface area contributed by atoms with E-state index in [9.17, 15) is 0 Å². The summed E-state index contributed by atoms with van der Waals surface area (Å²) in [6.07, 6.45) is 0. The van der Waals surface area contributed by atoms with Crippen molar-refractivity contribution in [3.8, 4) is 0 Å². The minimum atomic E-state index is -1.49. The Morgan fingerprint density at radius 2 is 1.14 bits per heavy atom. The summed E-state index contributed by atoms with van der Waals surface area (Å²) >= 11 is -2.97. The van der Waals surface area contributed by atoms with Crippen molar-refractivity contribution >= 4 is 64.8 Å². The van der Waals surface area contributed by atoms with E-state index in [0.29, 0.717) is 4.14 Å². The molecule has 0 radical (unpaired) electrons. The normalized spacial score (nSPS) is 8.57. The molecule has 0 aliphatic heterocycles. The van der Waals surface area contributed by atoms with Gasteiger partial charge in [-0.3, -0.25) is 0 Å². The first-order chi connectivity index (χ1) is 3.13. The topological polar surface area (TPSA) is 0 Å². The van der Waals surface area contributed by atoms with Gasteiger partial charge in [-0.15, -0.1) is 0 Å². The molecule has 0 saturated carbocycles. The predicted molar refractivity (Wildman–Crippen MR) is 39.7 cm³/mol. The maximum atomic E-state index is 5.44. The maximum Gasteiger partial charge on any atom is 0.508 e. The van der Waals surface area contributed by atoms with Gasteiger partial charge in [-0.2, -0.15) is 0 Å². The Bertz CT molecular complexity index is 39.0. The lowest BCUT2D eigenvalue weighted by molar-refractivity contribution is 2.06. The van der Waals surface area contributed by atoms with Crippen LogP contribution in [0.25, 0.3) is 0 Å². The average molecular weight is 210 g/mol. The molecule has 0 spiro atoms. The Morgan fingerprint density at radius 3 is 1.14 bits per heavy atom. The highest BCUT2D eigenvalue weighted by Gasteiger charge is 2.21. The van der Waals surface area contributed by atoms with E-state index in [0.717, 1.165) is 0 Å². The Hall–Kier alpha value is 2.22. The van der Waals surface area contributed by atoms with Gasteiger partial charge in [0.25, 0.3) is 0 Å². The van der Waals surface area contributed by atoms with Gasteiger partial charge in [0.1, 0.15) is 0 Å². The fourth-order valence-corrected chi connectivity index (χ4v) is 10.9. The van der Waals surface area contributed by atoms with Crippen molar-refractivity contribution in [1.29, 1.82) is 0 Å². The van der Waals surface area contributed by atoms with Crippen LogP contribution in [-0.4, -0.2) is 24.6 Å². The highest BCUT2D eigenvalue weighted by Crippen LogP contribution is 2.10. The maximum absolute atomic E-state index is 5.44. The van der Waals surface area contributed by atoms with E-state index in [2.05, 4.69) is 0 Å². The Morgan fingerprint density at radius 1 is 0.857 bits per heavy atom. The Labute approximate surface area is 68.3 Å². The molecule has 6 heteroatoms. The first-order valence-corrected chi connectivity index (χ1v) is 10.3. The summed E-state index contributed by atoms with van der Waals surface area (Å²) in [7, 11) is 21.8. The van der Waals surface area contributed by atoms with Crippen molar-refractivity contribution < 1.29 is 0 Å². The van der Waals surface area contributed by atoms with E-state index in [1.807, 2.05) is 0 Å². The molecule has 0 aliphatic rings. The molecule has 0 saturated heterocycles. The fraction of sp³-hybridized carbons (Fsp3) is 1.00. The molecule has 40 valence electrons. The average Bonchev–Trinajstić information content (AvgIpc) is 1.27. The lowest BCUT2D eigenvalue weighted by Gasteiger charge is -1.85. The lowest BCUT2D eigenvalue weighted by atomic mass is 11.9. The van der Waals surface area contributed by atoms with Crippen LogP contribution in [-0.2, 0) is 0 Å². The molecule has 0 unspecified atom stereocenters. The quantitative estimate of drug-likeness (QED) is 0.613. The highest BCUT2D eigenvalue weighted by molar-refractivity contribution is 7.44. The van der Waals surface area contributed by atoms with E-state index in [1.165, 1.54) is 0 Å². The summed E-state index contributed by atoms with van der Waals surface area (Å²) in [4.78, 5) is 0. The molecule has 0 aliphatic carbocycles. The fourth-order valence-electron chi connectivity index (χ4n) is 0.135. The van der Waals surface area contributed by atoms with E-state index in [1.54, 1.807) is 0 Å². The summed E-state index contributed by atoms with van der Waals surface area (Å²) in [6, 6.07) is 0. The highest BCUT2D eigenvalue weighted by atomic mass is 35.7. The van der Waals surface area contributed by atoms with Crippen LogP contribution in [0, 0.1) is 0 Å². The van der Waals surface area contributed by atoms with Crippen LogP contribution in [0.5, 0.6) is 0 Å². The second-order valence-electron chi connectivity index (χ2n) is 1.02. The Balaban J connectivity index is 2.95.